The van der Waals surface area contributed by atoms with Crippen molar-refractivity contribution in [2.24, 2.45) is 0 Å². The SMILES string of the molecule is O=S1(=O)CCN(CN2CCCNC2)CN1. The van der Waals surface area contributed by atoms with Gasteiger partial charge in [-0.25, -0.2) is 13.1 Å². The first kappa shape index (κ1) is 11.3. The van der Waals surface area contributed by atoms with E-state index in [-0.39, 0.29) is 5.75 Å². The van der Waals surface area contributed by atoms with Crippen molar-refractivity contribution in [2.75, 3.05) is 45.4 Å². The molecule has 2 N–H and O–H groups in total. The first-order chi connectivity index (χ1) is 7.16. The standard InChI is InChI=1S/C8H18N4O2S/c13-15(14)5-4-12(7-10-15)8-11-3-1-2-9-6-11/h9-10H,1-8H2. The minimum atomic E-state index is -2.98. The molecule has 2 heterocycles. The predicted octanol–water partition coefficient (Wildman–Crippen LogP) is -1.61. The first-order valence-electron chi connectivity index (χ1n) is 5.28. The predicted molar refractivity (Wildman–Crippen MR) is 57.6 cm³/mol. The van der Waals surface area contributed by atoms with Crippen molar-refractivity contribution in [1.82, 2.24) is 19.8 Å². The second-order valence-electron chi connectivity index (χ2n) is 4.06. The normalized spacial score (nSPS) is 29.1. The molecule has 6 nitrogen and oxygen atoms in total. The molecule has 0 amide bonds. The number of hydrogen-bond acceptors (Lipinski definition) is 5. The molecule has 0 radical (unpaired) electrons. The molecule has 88 valence electrons. The zero-order valence-electron chi connectivity index (χ0n) is 8.78. The fourth-order valence-electron chi connectivity index (χ4n) is 1.86. The van der Waals surface area contributed by atoms with E-state index in [4.69, 9.17) is 0 Å². The summed E-state index contributed by atoms with van der Waals surface area (Å²) in [6.07, 6.45) is 1.17. The highest BCUT2D eigenvalue weighted by Crippen LogP contribution is 2.02. The first-order valence-corrected chi connectivity index (χ1v) is 6.94. The summed E-state index contributed by atoms with van der Waals surface area (Å²) in [5.74, 6) is 0.217. The van der Waals surface area contributed by atoms with Crippen LogP contribution in [0.2, 0.25) is 0 Å². The van der Waals surface area contributed by atoms with Crippen LogP contribution in [0.15, 0.2) is 0 Å². The Balaban J connectivity index is 1.76. The van der Waals surface area contributed by atoms with Gasteiger partial charge in [0.25, 0.3) is 0 Å². The van der Waals surface area contributed by atoms with Gasteiger partial charge in [0.1, 0.15) is 0 Å². The molecule has 2 rings (SSSR count). The Labute approximate surface area is 90.7 Å². The number of nitrogens with zero attached hydrogens (tertiary/aromatic N) is 2. The molecule has 0 bridgehead atoms. The summed E-state index contributed by atoms with van der Waals surface area (Å²) >= 11 is 0. The molecular formula is C8H18N4O2S. The Morgan fingerprint density at radius 3 is 2.53 bits per heavy atom. The molecule has 0 aromatic rings. The Bertz CT molecular complexity index is 286. The highest BCUT2D eigenvalue weighted by molar-refractivity contribution is 7.89. The van der Waals surface area contributed by atoms with Crippen LogP contribution in [0, 0.1) is 0 Å². The van der Waals surface area contributed by atoms with E-state index in [1.165, 1.54) is 6.42 Å². The van der Waals surface area contributed by atoms with Crippen molar-refractivity contribution in [2.45, 2.75) is 6.42 Å². The highest BCUT2D eigenvalue weighted by Gasteiger charge is 2.22. The number of hydrogen-bond donors (Lipinski definition) is 2. The van der Waals surface area contributed by atoms with Gasteiger partial charge in [-0.15, -0.1) is 0 Å². The largest absolute Gasteiger partial charge is 0.304 e. The fourth-order valence-corrected chi connectivity index (χ4v) is 2.88. The van der Waals surface area contributed by atoms with Crippen molar-refractivity contribution in [3.05, 3.63) is 0 Å². The van der Waals surface area contributed by atoms with Crippen LogP contribution in [0.4, 0.5) is 0 Å². The maximum atomic E-state index is 11.1. The van der Waals surface area contributed by atoms with Gasteiger partial charge < -0.3 is 5.32 Å². The Morgan fingerprint density at radius 1 is 1.13 bits per heavy atom. The Morgan fingerprint density at radius 2 is 1.93 bits per heavy atom. The zero-order chi connectivity index (χ0) is 10.7. The van der Waals surface area contributed by atoms with Gasteiger partial charge in [-0.05, 0) is 13.0 Å². The van der Waals surface area contributed by atoms with Crippen LogP contribution in [-0.4, -0.2) is 63.6 Å². The minimum absolute atomic E-state index is 0.217. The molecule has 15 heavy (non-hydrogen) atoms. The van der Waals surface area contributed by atoms with E-state index in [1.807, 2.05) is 0 Å². The third-order valence-electron chi connectivity index (χ3n) is 2.75. The second kappa shape index (κ2) is 4.75. The summed E-state index contributed by atoms with van der Waals surface area (Å²) in [6.45, 7) is 5.00. The molecule has 2 saturated heterocycles. The van der Waals surface area contributed by atoms with Crippen molar-refractivity contribution < 1.29 is 8.42 Å². The maximum absolute atomic E-state index is 11.1. The number of sulfonamides is 1. The molecule has 0 aliphatic carbocycles. The fraction of sp³-hybridized carbons (Fsp3) is 1.00. The molecule has 0 unspecified atom stereocenters. The van der Waals surface area contributed by atoms with Crippen LogP contribution in [0.3, 0.4) is 0 Å². The summed E-state index contributed by atoms with van der Waals surface area (Å²) < 4.78 is 24.8. The lowest BCUT2D eigenvalue weighted by molar-refractivity contribution is 0.106. The molecule has 0 aromatic heterocycles. The lowest BCUT2D eigenvalue weighted by Gasteiger charge is -2.34. The van der Waals surface area contributed by atoms with Crippen LogP contribution >= 0.6 is 0 Å². The zero-order valence-corrected chi connectivity index (χ0v) is 9.59. The van der Waals surface area contributed by atoms with Crippen molar-refractivity contribution in [3.8, 4) is 0 Å². The maximum Gasteiger partial charge on any atom is 0.213 e. The molecule has 2 aliphatic heterocycles. The lowest BCUT2D eigenvalue weighted by atomic mass is 10.3. The van der Waals surface area contributed by atoms with Crippen molar-refractivity contribution >= 4 is 10.0 Å². The van der Waals surface area contributed by atoms with E-state index >= 15 is 0 Å². The summed E-state index contributed by atoms with van der Waals surface area (Å²) in [6, 6.07) is 0. The number of rotatable bonds is 2. The third kappa shape index (κ3) is 3.39. The van der Waals surface area contributed by atoms with Crippen LogP contribution in [0.25, 0.3) is 0 Å². The van der Waals surface area contributed by atoms with Crippen LogP contribution in [0.1, 0.15) is 6.42 Å². The van der Waals surface area contributed by atoms with Gasteiger partial charge in [-0.2, -0.15) is 0 Å². The molecule has 0 spiro atoms. The topological polar surface area (TPSA) is 64.7 Å². The van der Waals surface area contributed by atoms with Gasteiger partial charge in [0.15, 0.2) is 0 Å². The summed E-state index contributed by atoms with van der Waals surface area (Å²) in [7, 11) is -2.98. The molecule has 2 aliphatic rings. The summed E-state index contributed by atoms with van der Waals surface area (Å²) in [5.41, 5.74) is 0. The highest BCUT2D eigenvalue weighted by atomic mass is 32.2. The molecule has 2 fully saturated rings. The van der Waals surface area contributed by atoms with Gasteiger partial charge in [0, 0.05) is 19.8 Å². The molecule has 0 atom stereocenters. The average Bonchev–Trinajstić information content (AvgIpc) is 2.23. The average molecular weight is 234 g/mol. The van der Waals surface area contributed by atoms with Crippen molar-refractivity contribution in [3.63, 3.8) is 0 Å². The second-order valence-corrected chi connectivity index (χ2v) is 5.99. The number of nitrogens with one attached hydrogen (secondary N) is 2. The molecular weight excluding hydrogens is 216 g/mol. The van der Waals surface area contributed by atoms with E-state index in [0.29, 0.717) is 13.2 Å². The quantitative estimate of drug-likeness (QED) is 0.602. The third-order valence-corrected chi connectivity index (χ3v) is 4.04. The monoisotopic (exact) mass is 234 g/mol. The molecule has 0 aromatic carbocycles. The van der Waals surface area contributed by atoms with E-state index < -0.39 is 10.0 Å². The lowest BCUT2D eigenvalue weighted by Crippen LogP contribution is -2.53. The van der Waals surface area contributed by atoms with Crippen molar-refractivity contribution in [1.29, 1.82) is 0 Å². The smallest absolute Gasteiger partial charge is 0.213 e. The van der Waals surface area contributed by atoms with Crippen LogP contribution in [0.5, 0.6) is 0 Å². The Hall–Kier alpha value is -0.210. The molecule has 0 saturated carbocycles. The van der Waals surface area contributed by atoms with E-state index in [1.54, 1.807) is 0 Å². The summed E-state index contributed by atoms with van der Waals surface area (Å²) in [4.78, 5) is 4.41. The molecule has 7 heteroatoms. The Kier molecular flexibility index (Phi) is 3.57. The van der Waals surface area contributed by atoms with Crippen LogP contribution in [-0.2, 0) is 10.0 Å². The summed E-state index contributed by atoms with van der Waals surface area (Å²) in [5, 5.41) is 3.30. The van der Waals surface area contributed by atoms with Gasteiger partial charge in [-0.1, -0.05) is 0 Å². The van der Waals surface area contributed by atoms with Gasteiger partial charge in [0.05, 0.1) is 19.1 Å². The van der Waals surface area contributed by atoms with Crippen LogP contribution < -0.4 is 10.0 Å². The van der Waals surface area contributed by atoms with E-state index in [2.05, 4.69) is 19.8 Å². The van der Waals surface area contributed by atoms with Gasteiger partial charge in [0.2, 0.25) is 10.0 Å². The van der Waals surface area contributed by atoms with E-state index in [9.17, 15) is 8.42 Å². The van der Waals surface area contributed by atoms with E-state index in [0.717, 1.165) is 26.4 Å². The minimum Gasteiger partial charge on any atom is -0.304 e. The van der Waals surface area contributed by atoms with Gasteiger partial charge >= 0.3 is 0 Å². The van der Waals surface area contributed by atoms with Gasteiger partial charge in [-0.3, -0.25) is 9.80 Å².